The highest BCUT2D eigenvalue weighted by molar-refractivity contribution is 5.77. The van der Waals surface area contributed by atoms with Crippen molar-refractivity contribution in [3.05, 3.63) is 35.4 Å². The summed E-state index contributed by atoms with van der Waals surface area (Å²) in [5, 5.41) is 2.62. The lowest BCUT2D eigenvalue weighted by molar-refractivity contribution is -0.122. The third-order valence-corrected chi connectivity index (χ3v) is 3.08. The number of nitrogens with one attached hydrogen (secondary N) is 1. The molecule has 5 heteroatoms. The molecule has 0 radical (unpaired) electrons. The Balaban J connectivity index is 2.66. The molecule has 1 aromatic carbocycles. The smallest absolute Gasteiger partial charge is 0.222 e. The summed E-state index contributed by atoms with van der Waals surface area (Å²) in [7, 11) is 0. The largest absolute Gasteiger partial charge is 0.349 e. The Labute approximate surface area is 112 Å². The normalized spacial score (nSPS) is 14.3. The second kappa shape index (κ2) is 6.61. The maximum absolute atomic E-state index is 13.5. The molecule has 0 fully saturated rings. The van der Waals surface area contributed by atoms with Crippen molar-refractivity contribution in [2.45, 2.75) is 39.3 Å². The molecule has 0 aromatic heterocycles. The molecule has 0 spiro atoms. The van der Waals surface area contributed by atoms with Crippen LogP contribution in [0.5, 0.6) is 0 Å². The topological polar surface area (TPSA) is 55.1 Å². The minimum Gasteiger partial charge on any atom is -0.349 e. The Morgan fingerprint density at radius 1 is 1.32 bits per heavy atom. The van der Waals surface area contributed by atoms with E-state index in [-0.39, 0.29) is 29.9 Å². The molecule has 0 bridgehead atoms. The summed E-state index contributed by atoms with van der Waals surface area (Å²) in [6.45, 7) is 5.46. The standard InChI is InChI=1S/C14H20F2N2O/c1-8(2)13(17)7-14(19)18-9(3)11-6-10(15)4-5-12(11)16/h4-6,8-9,13H,7,17H2,1-3H3,(H,18,19). The first-order valence-electron chi connectivity index (χ1n) is 6.31. The van der Waals surface area contributed by atoms with Gasteiger partial charge >= 0.3 is 0 Å². The number of amides is 1. The average Bonchev–Trinajstić information content (AvgIpc) is 2.31. The Bertz CT molecular complexity index is 449. The molecule has 2 atom stereocenters. The zero-order valence-electron chi connectivity index (χ0n) is 11.4. The number of carbonyl (C=O) groups excluding carboxylic acids is 1. The van der Waals surface area contributed by atoms with Crippen LogP contribution in [-0.4, -0.2) is 11.9 Å². The van der Waals surface area contributed by atoms with Crippen LogP contribution in [0.1, 0.15) is 38.8 Å². The summed E-state index contributed by atoms with van der Waals surface area (Å²) < 4.78 is 26.6. The lowest BCUT2D eigenvalue weighted by Crippen LogP contribution is -2.36. The van der Waals surface area contributed by atoms with Crippen LogP contribution in [0, 0.1) is 17.6 Å². The van der Waals surface area contributed by atoms with Gasteiger partial charge in [0.1, 0.15) is 11.6 Å². The minimum atomic E-state index is -0.595. The van der Waals surface area contributed by atoms with Gasteiger partial charge in [0.15, 0.2) is 0 Å². The second-order valence-electron chi connectivity index (χ2n) is 5.07. The van der Waals surface area contributed by atoms with Gasteiger partial charge in [-0.15, -0.1) is 0 Å². The fourth-order valence-corrected chi connectivity index (χ4v) is 1.67. The number of nitrogens with two attached hydrogens (primary N) is 1. The average molecular weight is 270 g/mol. The van der Waals surface area contributed by atoms with Gasteiger partial charge in [0.2, 0.25) is 5.91 Å². The fourth-order valence-electron chi connectivity index (χ4n) is 1.67. The predicted molar refractivity (Wildman–Crippen MR) is 70.3 cm³/mol. The first-order chi connectivity index (χ1) is 8.81. The van der Waals surface area contributed by atoms with Gasteiger partial charge in [-0.2, -0.15) is 0 Å². The van der Waals surface area contributed by atoms with E-state index in [1.54, 1.807) is 6.92 Å². The monoisotopic (exact) mass is 270 g/mol. The quantitative estimate of drug-likeness (QED) is 0.863. The molecule has 3 nitrogen and oxygen atoms in total. The van der Waals surface area contributed by atoms with E-state index in [1.807, 2.05) is 13.8 Å². The second-order valence-corrected chi connectivity index (χ2v) is 5.07. The van der Waals surface area contributed by atoms with Crippen molar-refractivity contribution in [3.63, 3.8) is 0 Å². The van der Waals surface area contributed by atoms with Crippen LogP contribution in [0.15, 0.2) is 18.2 Å². The molecule has 1 amide bonds. The summed E-state index contributed by atoms with van der Waals surface area (Å²) in [4.78, 5) is 11.7. The van der Waals surface area contributed by atoms with Crippen molar-refractivity contribution >= 4 is 5.91 Å². The van der Waals surface area contributed by atoms with E-state index >= 15 is 0 Å². The zero-order chi connectivity index (χ0) is 14.6. The molecule has 0 aliphatic rings. The van der Waals surface area contributed by atoms with Crippen molar-refractivity contribution in [1.29, 1.82) is 0 Å². The summed E-state index contributed by atoms with van der Waals surface area (Å²) in [5.74, 6) is -1.15. The maximum atomic E-state index is 13.5. The van der Waals surface area contributed by atoms with Gasteiger partial charge in [-0.05, 0) is 31.0 Å². The van der Waals surface area contributed by atoms with E-state index in [4.69, 9.17) is 5.73 Å². The highest BCUT2D eigenvalue weighted by atomic mass is 19.1. The molecule has 1 aromatic rings. The molecule has 0 aliphatic heterocycles. The van der Waals surface area contributed by atoms with Crippen LogP contribution in [-0.2, 0) is 4.79 Å². The van der Waals surface area contributed by atoms with Crippen LogP contribution >= 0.6 is 0 Å². The number of hydrogen-bond donors (Lipinski definition) is 2. The van der Waals surface area contributed by atoms with E-state index in [2.05, 4.69) is 5.32 Å². The van der Waals surface area contributed by atoms with E-state index in [9.17, 15) is 13.6 Å². The highest BCUT2D eigenvalue weighted by Crippen LogP contribution is 2.18. The van der Waals surface area contributed by atoms with E-state index in [0.717, 1.165) is 18.2 Å². The van der Waals surface area contributed by atoms with Gasteiger partial charge in [-0.1, -0.05) is 13.8 Å². The molecule has 0 saturated carbocycles. The molecule has 0 heterocycles. The first-order valence-corrected chi connectivity index (χ1v) is 6.31. The van der Waals surface area contributed by atoms with Gasteiger partial charge in [-0.25, -0.2) is 8.78 Å². The summed E-state index contributed by atoms with van der Waals surface area (Å²) in [6.07, 6.45) is 0.166. The van der Waals surface area contributed by atoms with Gasteiger partial charge in [0.05, 0.1) is 6.04 Å². The molecule has 1 rings (SSSR count). The van der Waals surface area contributed by atoms with Crippen LogP contribution in [0.25, 0.3) is 0 Å². The molecule has 0 saturated heterocycles. The SMILES string of the molecule is CC(NC(=O)CC(N)C(C)C)c1cc(F)ccc1F. The number of rotatable bonds is 5. The van der Waals surface area contributed by atoms with Crippen molar-refractivity contribution in [1.82, 2.24) is 5.32 Å². The zero-order valence-corrected chi connectivity index (χ0v) is 11.4. The Morgan fingerprint density at radius 3 is 2.53 bits per heavy atom. The number of hydrogen-bond acceptors (Lipinski definition) is 2. The third kappa shape index (κ3) is 4.59. The molecular formula is C14H20F2N2O. The summed E-state index contributed by atoms with van der Waals surface area (Å²) in [5.41, 5.74) is 5.92. The van der Waals surface area contributed by atoms with Gasteiger partial charge in [0, 0.05) is 18.0 Å². The van der Waals surface area contributed by atoms with Gasteiger partial charge in [0.25, 0.3) is 0 Å². The first kappa shape index (κ1) is 15.6. The fraction of sp³-hybridized carbons (Fsp3) is 0.500. The Hall–Kier alpha value is -1.49. The number of carbonyl (C=O) groups is 1. The van der Waals surface area contributed by atoms with E-state index in [0.29, 0.717) is 0 Å². The van der Waals surface area contributed by atoms with Crippen molar-refractivity contribution in [3.8, 4) is 0 Å². The predicted octanol–water partition coefficient (Wildman–Crippen LogP) is 2.52. The summed E-state index contributed by atoms with van der Waals surface area (Å²) >= 11 is 0. The maximum Gasteiger partial charge on any atom is 0.222 e. The minimum absolute atomic E-state index is 0.131. The van der Waals surface area contributed by atoms with Crippen LogP contribution in [0.2, 0.25) is 0 Å². The van der Waals surface area contributed by atoms with E-state index < -0.39 is 17.7 Å². The molecule has 2 unspecified atom stereocenters. The van der Waals surface area contributed by atoms with Crippen molar-refractivity contribution < 1.29 is 13.6 Å². The summed E-state index contributed by atoms with van der Waals surface area (Å²) in [6, 6.07) is 2.34. The third-order valence-electron chi connectivity index (χ3n) is 3.08. The Kier molecular flexibility index (Phi) is 5.42. The Morgan fingerprint density at radius 2 is 1.95 bits per heavy atom. The van der Waals surface area contributed by atoms with Crippen LogP contribution in [0.3, 0.4) is 0 Å². The highest BCUT2D eigenvalue weighted by Gasteiger charge is 2.17. The van der Waals surface area contributed by atoms with E-state index in [1.165, 1.54) is 0 Å². The molecule has 3 N–H and O–H groups in total. The van der Waals surface area contributed by atoms with Gasteiger partial charge < -0.3 is 11.1 Å². The lowest BCUT2D eigenvalue weighted by Gasteiger charge is -2.19. The molecular weight excluding hydrogens is 250 g/mol. The molecule has 0 aliphatic carbocycles. The van der Waals surface area contributed by atoms with Crippen LogP contribution in [0.4, 0.5) is 8.78 Å². The van der Waals surface area contributed by atoms with Crippen LogP contribution < -0.4 is 11.1 Å². The van der Waals surface area contributed by atoms with Crippen molar-refractivity contribution in [2.75, 3.05) is 0 Å². The van der Waals surface area contributed by atoms with Crippen molar-refractivity contribution in [2.24, 2.45) is 11.7 Å². The molecule has 19 heavy (non-hydrogen) atoms. The van der Waals surface area contributed by atoms with Gasteiger partial charge in [-0.3, -0.25) is 4.79 Å². The molecule has 106 valence electrons. The number of halogens is 2. The number of benzene rings is 1. The lowest BCUT2D eigenvalue weighted by atomic mass is 10.0.